The van der Waals surface area contributed by atoms with E-state index in [1.165, 1.54) is 13.8 Å². The fourth-order valence-electron chi connectivity index (χ4n) is 4.49. The first-order valence-corrected chi connectivity index (χ1v) is 12.6. The number of aliphatic hydroxyl groups is 4. The SMILES string of the molecule is CCC[C@H](C)[C@@H](O)[C@](C)(O)C(C)OC(=O)[C@H](C)C(O)C(C)CO[C@@H]1OC(C)CC(N(C)C)C1O. The van der Waals surface area contributed by atoms with Crippen molar-refractivity contribution in [2.45, 2.75) is 116 Å². The molecule has 0 aromatic carbocycles. The summed E-state index contributed by atoms with van der Waals surface area (Å²) in [6, 6.07) is -0.104. The molecule has 1 rings (SSSR count). The second-order valence-electron chi connectivity index (χ2n) is 10.7. The summed E-state index contributed by atoms with van der Waals surface area (Å²) < 4.78 is 17.0. The molecule has 0 aromatic heterocycles. The molecule has 0 spiro atoms. The molecule has 202 valence electrons. The summed E-state index contributed by atoms with van der Waals surface area (Å²) in [7, 11) is 3.79. The second kappa shape index (κ2) is 13.5. The van der Waals surface area contributed by atoms with Crippen molar-refractivity contribution in [3.63, 3.8) is 0 Å². The Morgan fingerprint density at radius 2 is 1.76 bits per heavy atom. The molecule has 1 aliphatic heterocycles. The van der Waals surface area contributed by atoms with Gasteiger partial charge in [-0.2, -0.15) is 0 Å². The number of hydrogen-bond acceptors (Lipinski definition) is 9. The number of nitrogens with zero attached hydrogens (tertiary/aromatic N) is 1. The maximum Gasteiger partial charge on any atom is 0.311 e. The van der Waals surface area contributed by atoms with Crippen LogP contribution in [0.2, 0.25) is 0 Å². The molecular weight excluding hydrogens is 442 g/mol. The highest BCUT2D eigenvalue weighted by Crippen LogP contribution is 2.28. The highest BCUT2D eigenvalue weighted by atomic mass is 16.7. The lowest BCUT2D eigenvalue weighted by molar-refractivity contribution is -0.258. The summed E-state index contributed by atoms with van der Waals surface area (Å²) in [5.41, 5.74) is -1.63. The Labute approximate surface area is 205 Å². The van der Waals surface area contributed by atoms with Crippen molar-refractivity contribution in [3.05, 3.63) is 0 Å². The van der Waals surface area contributed by atoms with E-state index in [0.717, 1.165) is 12.8 Å². The highest BCUT2D eigenvalue weighted by Gasteiger charge is 2.43. The average molecular weight is 492 g/mol. The Morgan fingerprint density at radius 3 is 2.29 bits per heavy atom. The van der Waals surface area contributed by atoms with Gasteiger partial charge < -0.3 is 39.5 Å². The van der Waals surface area contributed by atoms with Gasteiger partial charge in [-0.3, -0.25) is 4.79 Å². The van der Waals surface area contributed by atoms with Crippen molar-refractivity contribution in [2.24, 2.45) is 17.8 Å². The third kappa shape index (κ3) is 8.11. The monoisotopic (exact) mass is 491 g/mol. The summed E-state index contributed by atoms with van der Waals surface area (Å²) in [4.78, 5) is 14.6. The number of esters is 1. The van der Waals surface area contributed by atoms with Crippen molar-refractivity contribution in [2.75, 3.05) is 20.7 Å². The van der Waals surface area contributed by atoms with Crippen LogP contribution >= 0.6 is 0 Å². The maximum absolute atomic E-state index is 12.7. The number of carbonyl (C=O) groups is 1. The first-order valence-electron chi connectivity index (χ1n) is 12.6. The third-order valence-electron chi connectivity index (χ3n) is 7.26. The van der Waals surface area contributed by atoms with Crippen molar-refractivity contribution in [3.8, 4) is 0 Å². The molecule has 0 bridgehead atoms. The molecule has 0 aliphatic carbocycles. The van der Waals surface area contributed by atoms with Crippen LogP contribution in [0.25, 0.3) is 0 Å². The first kappa shape index (κ1) is 31.2. The van der Waals surface area contributed by atoms with E-state index < -0.39 is 54.1 Å². The van der Waals surface area contributed by atoms with E-state index in [2.05, 4.69) is 0 Å². The van der Waals surface area contributed by atoms with Crippen molar-refractivity contribution < 1.29 is 39.4 Å². The van der Waals surface area contributed by atoms with E-state index in [1.807, 2.05) is 39.8 Å². The van der Waals surface area contributed by atoms with Crippen LogP contribution in [0.1, 0.15) is 67.7 Å². The van der Waals surface area contributed by atoms with Crippen LogP contribution in [0.4, 0.5) is 0 Å². The van der Waals surface area contributed by atoms with Crippen LogP contribution in [0.15, 0.2) is 0 Å². The van der Waals surface area contributed by atoms with Crippen LogP contribution in [0, 0.1) is 17.8 Å². The molecule has 1 saturated heterocycles. The van der Waals surface area contributed by atoms with Crippen LogP contribution in [0.5, 0.6) is 0 Å². The molecule has 6 unspecified atom stereocenters. The average Bonchev–Trinajstić information content (AvgIpc) is 2.77. The minimum absolute atomic E-state index is 0.0773. The molecular formula is C25H49NO8. The molecule has 4 N–H and O–H groups in total. The fraction of sp³-hybridized carbons (Fsp3) is 0.960. The topological polar surface area (TPSA) is 129 Å². The molecule has 9 nitrogen and oxygen atoms in total. The number of aliphatic hydroxyl groups excluding tert-OH is 3. The summed E-state index contributed by atoms with van der Waals surface area (Å²) in [5.74, 6) is -2.15. The zero-order valence-corrected chi connectivity index (χ0v) is 22.5. The standard InChI is InChI=1S/C25H49NO8/c1-10-11-14(2)22(29)25(7,31)18(6)34-23(30)17(5)20(27)15(3)13-32-24-21(28)19(26(8)9)12-16(4)33-24/h14-22,24,27-29,31H,10-13H2,1-9H3/t14-,15?,16?,17+,18?,19?,20?,21?,22+,24+,25+/m0/s1. The Morgan fingerprint density at radius 1 is 1.18 bits per heavy atom. The van der Waals surface area contributed by atoms with Crippen LogP contribution in [-0.4, -0.2) is 100 Å². The smallest absolute Gasteiger partial charge is 0.311 e. The number of hydrogen-bond donors (Lipinski definition) is 4. The summed E-state index contributed by atoms with van der Waals surface area (Å²) in [6.07, 6.45) is -2.55. The van der Waals surface area contributed by atoms with Crippen LogP contribution in [-0.2, 0) is 19.0 Å². The summed E-state index contributed by atoms with van der Waals surface area (Å²) >= 11 is 0. The maximum atomic E-state index is 12.7. The molecule has 0 saturated carbocycles. The Balaban J connectivity index is 2.66. The molecule has 1 fully saturated rings. The van der Waals surface area contributed by atoms with Gasteiger partial charge in [0.1, 0.15) is 17.8 Å². The minimum Gasteiger partial charge on any atom is -0.459 e. The predicted octanol–water partition coefficient (Wildman–Crippen LogP) is 1.54. The minimum atomic E-state index is -1.63. The van der Waals surface area contributed by atoms with E-state index in [9.17, 15) is 25.2 Å². The Hall–Kier alpha value is -0.810. The van der Waals surface area contributed by atoms with E-state index >= 15 is 0 Å². The van der Waals surface area contributed by atoms with Crippen molar-refractivity contribution in [1.82, 2.24) is 4.90 Å². The first-order chi connectivity index (χ1) is 15.6. The van der Waals surface area contributed by atoms with Crippen molar-refractivity contribution >= 4 is 5.97 Å². The molecule has 0 radical (unpaired) electrons. The number of carbonyl (C=O) groups excluding carboxylic acids is 1. The zero-order chi connectivity index (χ0) is 26.4. The lowest BCUT2D eigenvalue weighted by atomic mass is 9.83. The molecule has 9 heteroatoms. The highest BCUT2D eigenvalue weighted by molar-refractivity contribution is 5.73. The Bertz CT molecular complexity index is 616. The van der Waals surface area contributed by atoms with Gasteiger partial charge in [0, 0.05) is 12.0 Å². The van der Waals surface area contributed by atoms with Crippen molar-refractivity contribution in [1.29, 1.82) is 0 Å². The zero-order valence-electron chi connectivity index (χ0n) is 22.5. The van der Waals surface area contributed by atoms with Gasteiger partial charge in [0.2, 0.25) is 0 Å². The van der Waals surface area contributed by atoms with Gasteiger partial charge in [-0.25, -0.2) is 0 Å². The Kier molecular flexibility index (Phi) is 12.4. The van der Waals surface area contributed by atoms with Gasteiger partial charge in [0.25, 0.3) is 0 Å². The van der Waals surface area contributed by atoms with Gasteiger partial charge in [-0.1, -0.05) is 27.2 Å². The van der Waals surface area contributed by atoms with E-state index in [0.29, 0.717) is 6.42 Å². The van der Waals surface area contributed by atoms with Gasteiger partial charge >= 0.3 is 5.97 Å². The number of likely N-dealkylation sites (N-methyl/N-ethyl adjacent to an activating group) is 1. The normalized spacial score (nSPS) is 30.6. The predicted molar refractivity (Wildman–Crippen MR) is 129 cm³/mol. The van der Waals surface area contributed by atoms with Gasteiger partial charge in [0.15, 0.2) is 6.29 Å². The van der Waals surface area contributed by atoms with E-state index in [1.54, 1.807) is 13.8 Å². The lowest BCUT2D eigenvalue weighted by Gasteiger charge is -2.41. The van der Waals surface area contributed by atoms with Crippen LogP contribution in [0.3, 0.4) is 0 Å². The molecule has 0 aromatic rings. The molecule has 34 heavy (non-hydrogen) atoms. The summed E-state index contributed by atoms with van der Waals surface area (Å²) in [6.45, 7) is 12.1. The molecule has 1 aliphatic rings. The van der Waals surface area contributed by atoms with E-state index in [-0.39, 0.29) is 24.7 Å². The molecule has 0 amide bonds. The number of rotatable bonds is 13. The quantitative estimate of drug-likeness (QED) is 0.284. The second-order valence-corrected chi connectivity index (χ2v) is 10.7. The fourth-order valence-corrected chi connectivity index (χ4v) is 4.49. The molecule has 1 heterocycles. The van der Waals surface area contributed by atoms with E-state index in [4.69, 9.17) is 14.2 Å². The van der Waals surface area contributed by atoms with Gasteiger partial charge in [-0.15, -0.1) is 0 Å². The van der Waals surface area contributed by atoms with Gasteiger partial charge in [-0.05, 0) is 60.5 Å². The van der Waals surface area contributed by atoms with Crippen LogP contribution < -0.4 is 0 Å². The number of ether oxygens (including phenoxy) is 3. The largest absolute Gasteiger partial charge is 0.459 e. The lowest BCUT2D eigenvalue weighted by Crippen LogP contribution is -2.54. The van der Waals surface area contributed by atoms with Gasteiger partial charge in [0.05, 0.1) is 30.8 Å². The summed E-state index contributed by atoms with van der Waals surface area (Å²) in [5, 5.41) is 42.7. The third-order valence-corrected chi connectivity index (χ3v) is 7.26. The molecule has 11 atom stereocenters.